The third kappa shape index (κ3) is 5.69. The number of hydrogen-bond donors (Lipinski definition) is 0. The van der Waals surface area contributed by atoms with Crippen molar-refractivity contribution in [2.45, 2.75) is 12.2 Å². The largest absolute Gasteiger partial charge is 0.468 e. The molecule has 1 unspecified atom stereocenters. The van der Waals surface area contributed by atoms with Gasteiger partial charge in [0.2, 0.25) is 0 Å². The van der Waals surface area contributed by atoms with E-state index in [9.17, 15) is 4.79 Å². The van der Waals surface area contributed by atoms with Crippen molar-refractivity contribution in [3.05, 3.63) is 6.92 Å². The molecule has 9 heavy (non-hydrogen) atoms. The predicted molar refractivity (Wildman–Crippen MR) is 39.3 cm³/mol. The molecular weight excluding hydrogens is 136 g/mol. The quantitative estimate of drug-likeness (QED) is 0.559. The van der Waals surface area contributed by atoms with Gasteiger partial charge in [0.15, 0.2) is 0 Å². The molecule has 0 fully saturated rings. The Kier molecular flexibility index (Phi) is 4.58. The fourth-order valence-electron chi connectivity index (χ4n) is 0.269. The zero-order chi connectivity index (χ0) is 7.28. The minimum absolute atomic E-state index is 0.185. The van der Waals surface area contributed by atoms with E-state index in [-0.39, 0.29) is 11.2 Å². The van der Waals surface area contributed by atoms with Crippen LogP contribution in [-0.4, -0.2) is 24.1 Å². The molecule has 0 saturated heterocycles. The average molecular weight is 147 g/mol. The van der Waals surface area contributed by atoms with Gasteiger partial charge in [0.1, 0.15) is 0 Å². The average Bonchev–Trinajstić information content (AvgIpc) is 1.83. The van der Waals surface area contributed by atoms with Gasteiger partial charge in [-0.3, -0.25) is 4.79 Å². The van der Waals surface area contributed by atoms with Gasteiger partial charge in [0.05, 0.1) is 12.9 Å². The minimum atomic E-state index is -0.185. The van der Waals surface area contributed by atoms with Gasteiger partial charge in [0, 0.05) is 5.25 Å². The third-order valence-corrected chi connectivity index (χ3v) is 1.68. The van der Waals surface area contributed by atoms with Crippen LogP contribution in [0.1, 0.15) is 6.92 Å². The SMILES string of the molecule is [CH2]C(C)SCC(=O)OC. The highest BCUT2D eigenvalue weighted by atomic mass is 32.2. The van der Waals surface area contributed by atoms with Crippen LogP contribution in [-0.2, 0) is 9.53 Å². The van der Waals surface area contributed by atoms with Crippen LogP contribution in [0.2, 0.25) is 0 Å². The fraction of sp³-hybridized carbons (Fsp3) is 0.667. The number of methoxy groups -OCH3 is 1. The maximum atomic E-state index is 10.4. The smallest absolute Gasteiger partial charge is 0.315 e. The Bertz CT molecular complexity index is 91.1. The van der Waals surface area contributed by atoms with Gasteiger partial charge in [0.25, 0.3) is 0 Å². The van der Waals surface area contributed by atoms with Gasteiger partial charge < -0.3 is 4.74 Å². The summed E-state index contributed by atoms with van der Waals surface area (Å²) >= 11 is 1.48. The van der Waals surface area contributed by atoms with Gasteiger partial charge in [-0.25, -0.2) is 0 Å². The van der Waals surface area contributed by atoms with Crippen LogP contribution in [0.5, 0.6) is 0 Å². The topological polar surface area (TPSA) is 26.3 Å². The minimum Gasteiger partial charge on any atom is -0.468 e. The molecule has 2 nitrogen and oxygen atoms in total. The summed E-state index contributed by atoms with van der Waals surface area (Å²) in [5, 5.41) is 0.254. The van der Waals surface area contributed by atoms with Crippen molar-refractivity contribution in [2.75, 3.05) is 12.9 Å². The van der Waals surface area contributed by atoms with E-state index in [1.54, 1.807) is 0 Å². The highest BCUT2D eigenvalue weighted by Crippen LogP contribution is 2.07. The molecule has 0 N–H and O–H groups in total. The summed E-state index contributed by atoms with van der Waals surface area (Å²) in [7, 11) is 1.39. The van der Waals surface area contributed by atoms with Gasteiger partial charge >= 0.3 is 5.97 Å². The molecule has 0 aliphatic heterocycles. The van der Waals surface area contributed by atoms with Crippen molar-refractivity contribution in [1.29, 1.82) is 0 Å². The molecule has 1 atom stereocenters. The summed E-state index contributed by atoms with van der Waals surface area (Å²) in [6.45, 7) is 5.64. The lowest BCUT2D eigenvalue weighted by Gasteiger charge is -2.01. The van der Waals surface area contributed by atoms with Crippen molar-refractivity contribution in [2.24, 2.45) is 0 Å². The number of esters is 1. The fourth-order valence-corrected chi connectivity index (χ4v) is 0.808. The molecule has 1 radical (unpaired) electrons. The number of hydrogen-bond acceptors (Lipinski definition) is 3. The molecule has 0 amide bonds. The van der Waals surface area contributed by atoms with Crippen LogP contribution in [0.4, 0.5) is 0 Å². The van der Waals surface area contributed by atoms with E-state index in [0.717, 1.165) is 0 Å². The van der Waals surface area contributed by atoms with Crippen LogP contribution < -0.4 is 0 Å². The zero-order valence-electron chi connectivity index (χ0n) is 5.72. The lowest BCUT2D eigenvalue weighted by atomic mass is 10.6. The summed E-state index contributed by atoms with van der Waals surface area (Å²) in [4.78, 5) is 10.4. The molecule has 0 aromatic rings. The van der Waals surface area contributed by atoms with E-state index < -0.39 is 0 Å². The van der Waals surface area contributed by atoms with E-state index in [1.807, 2.05) is 6.92 Å². The molecule has 0 bridgehead atoms. The van der Waals surface area contributed by atoms with Crippen LogP contribution in [0.25, 0.3) is 0 Å². The highest BCUT2D eigenvalue weighted by Gasteiger charge is 2.00. The van der Waals surface area contributed by atoms with Crippen molar-refractivity contribution >= 4 is 17.7 Å². The molecule has 0 aromatic carbocycles. The van der Waals surface area contributed by atoms with Crippen LogP contribution >= 0.6 is 11.8 Å². The maximum Gasteiger partial charge on any atom is 0.315 e. The first kappa shape index (κ1) is 8.82. The summed E-state index contributed by atoms with van der Waals surface area (Å²) < 4.78 is 4.41. The lowest BCUT2D eigenvalue weighted by molar-refractivity contribution is -0.137. The molecule has 0 rings (SSSR count). The zero-order valence-corrected chi connectivity index (χ0v) is 6.53. The maximum absolute atomic E-state index is 10.4. The number of carbonyl (C=O) groups is 1. The molecule has 3 heteroatoms. The summed E-state index contributed by atoms with van der Waals surface area (Å²) in [5.41, 5.74) is 0. The molecule has 0 heterocycles. The summed E-state index contributed by atoms with van der Waals surface area (Å²) in [6, 6.07) is 0. The molecule has 0 aromatic heterocycles. The predicted octanol–water partition coefficient (Wildman–Crippen LogP) is 1.12. The number of rotatable bonds is 3. The van der Waals surface area contributed by atoms with Crippen LogP contribution in [0.3, 0.4) is 0 Å². The molecular formula is C6H11O2S. The van der Waals surface area contributed by atoms with Crippen molar-refractivity contribution in [3.63, 3.8) is 0 Å². The number of ether oxygens (including phenoxy) is 1. The highest BCUT2D eigenvalue weighted by molar-refractivity contribution is 8.00. The Morgan fingerprint density at radius 1 is 1.89 bits per heavy atom. The Balaban J connectivity index is 3.17. The Hall–Kier alpha value is -0.180. The standard InChI is InChI=1S/C6H11O2S/c1-5(2)9-4-6(7)8-3/h5H,1,4H2,2-3H3. The molecule has 53 valence electrons. The van der Waals surface area contributed by atoms with E-state index in [1.165, 1.54) is 18.9 Å². The summed E-state index contributed by atoms with van der Waals surface area (Å²) in [5.74, 6) is 0.219. The molecule has 0 aliphatic rings. The Morgan fingerprint density at radius 2 is 2.44 bits per heavy atom. The Morgan fingerprint density at radius 3 is 2.78 bits per heavy atom. The van der Waals surface area contributed by atoms with E-state index in [4.69, 9.17) is 0 Å². The van der Waals surface area contributed by atoms with Crippen molar-refractivity contribution in [1.82, 2.24) is 0 Å². The monoisotopic (exact) mass is 147 g/mol. The van der Waals surface area contributed by atoms with Crippen molar-refractivity contribution < 1.29 is 9.53 Å². The van der Waals surface area contributed by atoms with Gasteiger partial charge in [-0.1, -0.05) is 6.92 Å². The third-order valence-electron chi connectivity index (χ3n) is 0.713. The van der Waals surface area contributed by atoms with Gasteiger partial charge in [-0.05, 0) is 6.92 Å². The van der Waals surface area contributed by atoms with Gasteiger partial charge in [-0.2, -0.15) is 0 Å². The lowest BCUT2D eigenvalue weighted by Crippen LogP contribution is -2.05. The second kappa shape index (κ2) is 4.68. The van der Waals surface area contributed by atoms with E-state index >= 15 is 0 Å². The summed E-state index contributed by atoms with van der Waals surface area (Å²) in [6.07, 6.45) is 0. The molecule has 0 spiro atoms. The first-order valence-corrected chi connectivity index (χ1v) is 3.73. The molecule has 0 saturated carbocycles. The van der Waals surface area contributed by atoms with E-state index in [0.29, 0.717) is 5.75 Å². The van der Waals surface area contributed by atoms with Crippen molar-refractivity contribution in [3.8, 4) is 0 Å². The second-order valence-corrected chi connectivity index (χ2v) is 3.12. The Labute approximate surface area is 60.0 Å². The number of thioether (sulfide) groups is 1. The number of carbonyl (C=O) groups excluding carboxylic acids is 1. The van der Waals surface area contributed by atoms with Crippen LogP contribution in [0.15, 0.2) is 0 Å². The first-order chi connectivity index (χ1) is 4.16. The molecule has 0 aliphatic carbocycles. The second-order valence-electron chi connectivity index (χ2n) is 1.70. The normalized spacial score (nSPS) is 9.78. The van der Waals surface area contributed by atoms with Crippen LogP contribution in [0, 0.1) is 6.92 Å². The van der Waals surface area contributed by atoms with E-state index in [2.05, 4.69) is 11.7 Å². The first-order valence-electron chi connectivity index (χ1n) is 2.68. The van der Waals surface area contributed by atoms with Gasteiger partial charge in [-0.15, -0.1) is 11.8 Å².